The van der Waals surface area contributed by atoms with Crippen LogP contribution in [-0.4, -0.2) is 10.2 Å². The summed E-state index contributed by atoms with van der Waals surface area (Å²) < 4.78 is 0. The summed E-state index contributed by atoms with van der Waals surface area (Å²) in [5.74, 6) is -0.102. The van der Waals surface area contributed by atoms with E-state index in [0.29, 0.717) is 6.42 Å². The van der Waals surface area contributed by atoms with Gasteiger partial charge in [0.1, 0.15) is 0 Å². The molecule has 0 unspecified atom stereocenters. The van der Waals surface area contributed by atoms with Crippen LogP contribution < -0.4 is 0 Å². The highest BCUT2D eigenvalue weighted by Gasteiger charge is 2.05. The van der Waals surface area contributed by atoms with Gasteiger partial charge in [0.05, 0.1) is 0 Å². The standard InChI is InChI=1S/C10H12O2/c1-3-4-8-5-6-9(11)10(12)7(8)2/h3,5-6,11-12H,1,4H2,2H3. The van der Waals surface area contributed by atoms with Crippen molar-refractivity contribution >= 4 is 0 Å². The number of allylic oxidation sites excluding steroid dienone is 1. The summed E-state index contributed by atoms with van der Waals surface area (Å²) in [7, 11) is 0. The molecule has 2 nitrogen and oxygen atoms in total. The summed E-state index contributed by atoms with van der Waals surface area (Å²) in [4.78, 5) is 0. The first kappa shape index (κ1) is 8.65. The Balaban J connectivity index is 3.16. The molecule has 0 aliphatic carbocycles. The van der Waals surface area contributed by atoms with E-state index in [4.69, 9.17) is 5.11 Å². The maximum atomic E-state index is 9.33. The van der Waals surface area contributed by atoms with Gasteiger partial charge in [0.2, 0.25) is 0 Å². The van der Waals surface area contributed by atoms with Gasteiger partial charge >= 0.3 is 0 Å². The number of aromatic hydroxyl groups is 2. The molecular formula is C10H12O2. The molecule has 12 heavy (non-hydrogen) atoms. The predicted molar refractivity (Wildman–Crippen MR) is 48.4 cm³/mol. The van der Waals surface area contributed by atoms with E-state index >= 15 is 0 Å². The van der Waals surface area contributed by atoms with E-state index < -0.39 is 0 Å². The van der Waals surface area contributed by atoms with Gasteiger partial charge in [0.25, 0.3) is 0 Å². The molecule has 0 aliphatic heterocycles. The minimum atomic E-state index is -0.0692. The SMILES string of the molecule is C=CCc1ccc(O)c(O)c1C. The second kappa shape index (κ2) is 3.30. The van der Waals surface area contributed by atoms with Crippen molar-refractivity contribution in [2.75, 3.05) is 0 Å². The van der Waals surface area contributed by atoms with Crippen molar-refractivity contribution < 1.29 is 10.2 Å². The molecule has 0 bridgehead atoms. The topological polar surface area (TPSA) is 40.5 Å². The molecular weight excluding hydrogens is 152 g/mol. The van der Waals surface area contributed by atoms with Crippen molar-refractivity contribution in [2.45, 2.75) is 13.3 Å². The largest absolute Gasteiger partial charge is 0.504 e. The molecule has 64 valence electrons. The zero-order valence-electron chi connectivity index (χ0n) is 7.04. The molecule has 0 aromatic heterocycles. The second-order valence-corrected chi connectivity index (χ2v) is 2.71. The van der Waals surface area contributed by atoms with Gasteiger partial charge in [-0.15, -0.1) is 6.58 Å². The van der Waals surface area contributed by atoms with Gasteiger partial charge in [0.15, 0.2) is 11.5 Å². The molecule has 2 N–H and O–H groups in total. The first-order valence-corrected chi connectivity index (χ1v) is 3.78. The van der Waals surface area contributed by atoms with E-state index in [1.165, 1.54) is 6.07 Å². The Bertz CT molecular complexity index is 303. The maximum Gasteiger partial charge on any atom is 0.160 e. The van der Waals surface area contributed by atoms with Crippen LogP contribution in [0.5, 0.6) is 11.5 Å². The molecule has 0 spiro atoms. The van der Waals surface area contributed by atoms with Crippen molar-refractivity contribution in [1.82, 2.24) is 0 Å². The fourth-order valence-electron chi connectivity index (χ4n) is 1.10. The summed E-state index contributed by atoms with van der Waals surface area (Å²) in [6, 6.07) is 3.27. The molecule has 0 radical (unpaired) electrons. The number of hydrogen-bond donors (Lipinski definition) is 2. The third-order valence-electron chi connectivity index (χ3n) is 1.89. The van der Waals surface area contributed by atoms with E-state index in [0.717, 1.165) is 11.1 Å². The highest BCUT2D eigenvalue weighted by Crippen LogP contribution is 2.30. The van der Waals surface area contributed by atoms with Crippen molar-refractivity contribution in [2.24, 2.45) is 0 Å². The lowest BCUT2D eigenvalue weighted by molar-refractivity contribution is 0.400. The summed E-state index contributed by atoms with van der Waals surface area (Å²) in [5.41, 5.74) is 1.70. The highest BCUT2D eigenvalue weighted by atomic mass is 16.3. The van der Waals surface area contributed by atoms with E-state index in [1.54, 1.807) is 19.1 Å². The third-order valence-corrected chi connectivity index (χ3v) is 1.89. The Hall–Kier alpha value is -1.44. The van der Waals surface area contributed by atoms with E-state index in [2.05, 4.69) is 6.58 Å². The third kappa shape index (κ3) is 1.42. The molecule has 2 heteroatoms. The first-order valence-electron chi connectivity index (χ1n) is 3.78. The number of hydrogen-bond acceptors (Lipinski definition) is 2. The van der Waals surface area contributed by atoms with Crippen molar-refractivity contribution in [1.29, 1.82) is 0 Å². The van der Waals surface area contributed by atoms with Crippen molar-refractivity contribution in [3.63, 3.8) is 0 Å². The van der Waals surface area contributed by atoms with Gasteiger partial charge in [-0.25, -0.2) is 0 Å². The number of benzene rings is 1. The van der Waals surface area contributed by atoms with E-state index in [1.807, 2.05) is 0 Å². The van der Waals surface area contributed by atoms with Crippen LogP contribution in [0.3, 0.4) is 0 Å². The van der Waals surface area contributed by atoms with Gasteiger partial charge in [-0.2, -0.15) is 0 Å². The quantitative estimate of drug-likeness (QED) is 0.519. The van der Waals surface area contributed by atoms with Gasteiger partial charge in [0, 0.05) is 0 Å². The molecule has 0 heterocycles. The Labute approximate surface area is 71.8 Å². The monoisotopic (exact) mass is 164 g/mol. The molecule has 1 rings (SSSR count). The van der Waals surface area contributed by atoms with Gasteiger partial charge < -0.3 is 10.2 Å². The smallest absolute Gasteiger partial charge is 0.160 e. The lowest BCUT2D eigenvalue weighted by Gasteiger charge is -2.06. The second-order valence-electron chi connectivity index (χ2n) is 2.71. The zero-order valence-corrected chi connectivity index (χ0v) is 7.04. The molecule has 0 amide bonds. The summed E-state index contributed by atoms with van der Waals surface area (Å²) >= 11 is 0. The van der Waals surface area contributed by atoms with Gasteiger partial charge in [-0.1, -0.05) is 12.1 Å². The van der Waals surface area contributed by atoms with Crippen LogP contribution in [0, 0.1) is 6.92 Å². The van der Waals surface area contributed by atoms with Crippen molar-refractivity contribution in [3.8, 4) is 11.5 Å². The minimum Gasteiger partial charge on any atom is -0.504 e. The summed E-state index contributed by atoms with van der Waals surface area (Å²) in [6.07, 6.45) is 2.47. The molecule has 0 saturated carbocycles. The van der Waals surface area contributed by atoms with Crippen LogP contribution in [-0.2, 0) is 6.42 Å². The van der Waals surface area contributed by atoms with Crippen LogP contribution >= 0.6 is 0 Å². The fourth-order valence-corrected chi connectivity index (χ4v) is 1.10. The summed E-state index contributed by atoms with van der Waals surface area (Å²) in [6.45, 7) is 5.38. The molecule has 0 aliphatic rings. The average molecular weight is 164 g/mol. The van der Waals surface area contributed by atoms with Crippen LogP contribution in [0.2, 0.25) is 0 Å². The Morgan fingerprint density at radius 1 is 1.42 bits per heavy atom. The lowest BCUT2D eigenvalue weighted by Crippen LogP contribution is -1.87. The Morgan fingerprint density at radius 2 is 2.08 bits per heavy atom. The number of phenols is 2. The molecule has 0 saturated heterocycles. The van der Waals surface area contributed by atoms with Crippen LogP contribution in [0.4, 0.5) is 0 Å². The predicted octanol–water partition coefficient (Wildman–Crippen LogP) is 2.13. The van der Waals surface area contributed by atoms with E-state index in [9.17, 15) is 5.11 Å². The first-order chi connectivity index (χ1) is 5.66. The van der Waals surface area contributed by atoms with Gasteiger partial charge in [-0.3, -0.25) is 0 Å². The van der Waals surface area contributed by atoms with Gasteiger partial charge in [-0.05, 0) is 30.5 Å². The number of phenolic OH excluding ortho intramolecular Hbond substituents is 2. The Morgan fingerprint density at radius 3 is 2.67 bits per heavy atom. The summed E-state index contributed by atoms with van der Waals surface area (Å²) in [5, 5.41) is 18.4. The van der Waals surface area contributed by atoms with Crippen molar-refractivity contribution in [3.05, 3.63) is 35.9 Å². The van der Waals surface area contributed by atoms with Crippen LogP contribution in [0.25, 0.3) is 0 Å². The highest BCUT2D eigenvalue weighted by molar-refractivity contribution is 5.48. The Kier molecular flexibility index (Phi) is 2.38. The lowest BCUT2D eigenvalue weighted by atomic mass is 10.0. The fraction of sp³-hybridized carbons (Fsp3) is 0.200. The van der Waals surface area contributed by atoms with E-state index in [-0.39, 0.29) is 11.5 Å². The number of rotatable bonds is 2. The normalized spacial score (nSPS) is 9.75. The van der Waals surface area contributed by atoms with Crippen LogP contribution in [0.1, 0.15) is 11.1 Å². The minimum absolute atomic E-state index is 0.0330. The molecule has 1 aromatic carbocycles. The molecule has 1 aromatic rings. The average Bonchev–Trinajstić information content (AvgIpc) is 2.07. The zero-order chi connectivity index (χ0) is 9.14. The molecule has 0 atom stereocenters. The molecule has 0 fully saturated rings. The van der Waals surface area contributed by atoms with Crippen LogP contribution in [0.15, 0.2) is 24.8 Å². The maximum absolute atomic E-state index is 9.33.